The van der Waals surface area contributed by atoms with Crippen LogP contribution in [-0.2, 0) is 11.2 Å². The minimum Gasteiger partial charge on any atom is -0.391 e. The van der Waals surface area contributed by atoms with Crippen molar-refractivity contribution in [3.05, 3.63) is 65.4 Å². The lowest BCUT2D eigenvalue weighted by Crippen LogP contribution is -2.40. The van der Waals surface area contributed by atoms with Crippen LogP contribution >= 0.6 is 11.8 Å². The van der Waals surface area contributed by atoms with Gasteiger partial charge in [-0.2, -0.15) is 0 Å². The number of aliphatic hydroxyl groups excluding tert-OH is 1. The first kappa shape index (κ1) is 25.4. The summed E-state index contributed by atoms with van der Waals surface area (Å²) in [5, 5.41) is 12.5. The van der Waals surface area contributed by atoms with Crippen LogP contribution in [0.2, 0.25) is 0 Å². The second-order valence-electron chi connectivity index (χ2n) is 9.96. The molecule has 37 heavy (non-hydrogen) atoms. The predicted octanol–water partition coefficient (Wildman–Crippen LogP) is 5.06. The predicted molar refractivity (Wildman–Crippen MR) is 148 cm³/mol. The molecule has 0 saturated carbocycles. The number of fused-ring (bicyclic) bond motifs is 1. The number of anilines is 1. The number of β-amino-alcohol motifs (C(OH)–C–C–N with tert-alkyl or cyclic N) is 1. The highest BCUT2D eigenvalue weighted by atomic mass is 32.2. The largest absolute Gasteiger partial charge is 0.391 e. The molecule has 192 valence electrons. The van der Waals surface area contributed by atoms with Crippen molar-refractivity contribution >= 4 is 28.7 Å². The summed E-state index contributed by atoms with van der Waals surface area (Å²) in [6.45, 7) is 5.41. The molecule has 1 saturated heterocycles. The number of rotatable bonds is 8. The number of carbonyl (C=O) groups excluding carboxylic acids is 2. The van der Waals surface area contributed by atoms with Gasteiger partial charge in [0.05, 0.1) is 28.4 Å². The summed E-state index contributed by atoms with van der Waals surface area (Å²) in [6.07, 6.45) is 3.38. The monoisotopic (exact) mass is 516 g/mol. The molecule has 7 nitrogen and oxygen atoms in total. The Balaban J connectivity index is 1.38. The zero-order chi connectivity index (χ0) is 25.9. The average molecular weight is 517 g/mol. The van der Waals surface area contributed by atoms with Crippen molar-refractivity contribution in [2.75, 3.05) is 18.0 Å². The number of unbranched alkanes of at least 4 members (excludes halogenated alkanes) is 2. The van der Waals surface area contributed by atoms with Crippen molar-refractivity contribution in [2.24, 2.45) is 0 Å². The van der Waals surface area contributed by atoms with E-state index in [0.29, 0.717) is 19.4 Å². The third-order valence-electron chi connectivity index (χ3n) is 6.92. The number of carbonyl (C=O) groups is 2. The number of aliphatic hydroxyl groups is 1. The maximum absolute atomic E-state index is 11.8. The van der Waals surface area contributed by atoms with Crippen molar-refractivity contribution in [1.82, 2.24) is 15.3 Å². The summed E-state index contributed by atoms with van der Waals surface area (Å²) in [5.41, 5.74) is 6.90. The Morgan fingerprint density at radius 2 is 1.54 bits per heavy atom. The molecule has 1 fully saturated rings. The highest BCUT2D eigenvalue weighted by molar-refractivity contribution is 8.15. The van der Waals surface area contributed by atoms with Crippen LogP contribution in [0, 0.1) is 13.8 Å². The molecule has 3 aromatic rings. The smallest absolute Gasteiger partial charge is 0.286 e. The van der Waals surface area contributed by atoms with Crippen LogP contribution in [0.3, 0.4) is 0 Å². The minimum absolute atomic E-state index is 0.175. The Morgan fingerprint density at radius 1 is 0.919 bits per heavy atom. The van der Waals surface area contributed by atoms with Crippen molar-refractivity contribution in [2.45, 2.75) is 57.3 Å². The van der Waals surface area contributed by atoms with Gasteiger partial charge in [0.25, 0.3) is 5.24 Å². The van der Waals surface area contributed by atoms with Gasteiger partial charge in [0, 0.05) is 30.6 Å². The maximum Gasteiger partial charge on any atom is 0.286 e. The van der Waals surface area contributed by atoms with E-state index in [1.165, 1.54) is 11.1 Å². The van der Waals surface area contributed by atoms with Gasteiger partial charge in [0.15, 0.2) is 5.82 Å². The van der Waals surface area contributed by atoms with Crippen LogP contribution in [0.1, 0.15) is 42.5 Å². The van der Waals surface area contributed by atoms with Gasteiger partial charge in [-0.3, -0.25) is 14.9 Å². The van der Waals surface area contributed by atoms with Gasteiger partial charge in [-0.1, -0.05) is 84.3 Å². The van der Waals surface area contributed by atoms with E-state index >= 15 is 0 Å². The molecule has 0 aliphatic carbocycles. The first-order valence-electron chi connectivity index (χ1n) is 12.9. The lowest BCUT2D eigenvalue weighted by molar-refractivity contribution is -0.119. The standard InChI is InChI=1S/C29H32N4O3S/c1-18-7-11-20(12-8-18)25-26(21-13-9-19(2)10-14-21)31-27-23(30-25)16-22(34)17-33(27)15-5-3-4-6-24-28(35)32-29(36)37-24/h7-14,22,24,34H,3-6,15-17H2,1-2H3,(H,32,35,36). The fourth-order valence-electron chi connectivity index (χ4n) is 4.90. The maximum atomic E-state index is 11.8. The lowest BCUT2D eigenvalue weighted by Gasteiger charge is -2.33. The van der Waals surface area contributed by atoms with E-state index in [-0.39, 0.29) is 16.4 Å². The van der Waals surface area contributed by atoms with Gasteiger partial charge in [-0.15, -0.1) is 0 Å². The third kappa shape index (κ3) is 5.86. The molecule has 5 rings (SSSR count). The summed E-state index contributed by atoms with van der Waals surface area (Å²) >= 11 is 1.09. The van der Waals surface area contributed by atoms with Crippen LogP contribution < -0.4 is 10.2 Å². The van der Waals surface area contributed by atoms with E-state index < -0.39 is 6.10 Å². The molecule has 0 radical (unpaired) electrons. The molecule has 2 unspecified atom stereocenters. The normalized spacial score (nSPS) is 19.2. The number of imide groups is 1. The van der Waals surface area contributed by atoms with Crippen molar-refractivity contribution in [3.8, 4) is 22.5 Å². The van der Waals surface area contributed by atoms with Crippen molar-refractivity contribution < 1.29 is 14.7 Å². The molecular weight excluding hydrogens is 484 g/mol. The summed E-state index contributed by atoms with van der Waals surface area (Å²) in [5.74, 6) is 0.666. The Morgan fingerprint density at radius 3 is 2.14 bits per heavy atom. The number of hydrogen-bond acceptors (Lipinski definition) is 7. The number of benzene rings is 2. The number of hydrogen-bond donors (Lipinski definition) is 2. The van der Waals surface area contributed by atoms with E-state index in [0.717, 1.165) is 71.6 Å². The summed E-state index contributed by atoms with van der Waals surface area (Å²) in [6, 6.07) is 16.7. The first-order chi connectivity index (χ1) is 17.9. The van der Waals surface area contributed by atoms with E-state index in [4.69, 9.17) is 9.97 Å². The van der Waals surface area contributed by atoms with E-state index in [1.807, 2.05) is 0 Å². The molecule has 0 bridgehead atoms. The molecule has 2 aliphatic rings. The van der Waals surface area contributed by atoms with Gasteiger partial charge in [-0.05, 0) is 26.7 Å². The van der Waals surface area contributed by atoms with Crippen LogP contribution in [0.4, 0.5) is 10.6 Å². The quantitative estimate of drug-likeness (QED) is 0.404. The Bertz CT molecular complexity index is 1290. The SMILES string of the molecule is Cc1ccc(-c2nc3c(nc2-c2ccc(C)cc2)N(CCCCCC2SC(=O)NC2=O)CC(O)C3)cc1. The minimum atomic E-state index is -0.498. The molecule has 2 atom stereocenters. The number of nitrogens with zero attached hydrogens (tertiary/aromatic N) is 3. The number of amides is 2. The number of nitrogens with one attached hydrogen (secondary N) is 1. The molecular formula is C29H32N4O3S. The molecule has 2 N–H and O–H groups in total. The highest BCUT2D eigenvalue weighted by Gasteiger charge is 2.31. The summed E-state index contributed by atoms with van der Waals surface area (Å²) in [4.78, 5) is 35.5. The highest BCUT2D eigenvalue weighted by Crippen LogP contribution is 2.35. The lowest BCUT2D eigenvalue weighted by atomic mass is 10.00. The second kappa shape index (κ2) is 11.0. The third-order valence-corrected chi connectivity index (χ3v) is 7.97. The molecule has 1 aromatic heterocycles. The fraction of sp³-hybridized carbons (Fsp3) is 0.379. The van der Waals surface area contributed by atoms with Crippen LogP contribution in [-0.4, -0.2) is 50.7 Å². The fourth-order valence-corrected chi connectivity index (χ4v) is 5.76. The van der Waals surface area contributed by atoms with Gasteiger partial charge < -0.3 is 10.0 Å². The topological polar surface area (TPSA) is 95.4 Å². The number of aryl methyl sites for hydroxylation is 2. The van der Waals surface area contributed by atoms with Crippen LogP contribution in [0.5, 0.6) is 0 Å². The summed E-state index contributed by atoms with van der Waals surface area (Å²) < 4.78 is 0. The van der Waals surface area contributed by atoms with Crippen LogP contribution in [0.15, 0.2) is 48.5 Å². The number of thioether (sulfide) groups is 1. The van der Waals surface area contributed by atoms with E-state index in [1.54, 1.807) is 0 Å². The van der Waals surface area contributed by atoms with Gasteiger partial charge in [0.2, 0.25) is 5.91 Å². The van der Waals surface area contributed by atoms with Crippen molar-refractivity contribution in [1.29, 1.82) is 0 Å². The molecule has 3 heterocycles. The van der Waals surface area contributed by atoms with E-state index in [9.17, 15) is 14.7 Å². The number of aromatic nitrogens is 2. The molecule has 8 heteroatoms. The Kier molecular flexibility index (Phi) is 7.58. The molecule has 2 aliphatic heterocycles. The van der Waals surface area contributed by atoms with Crippen molar-refractivity contribution in [3.63, 3.8) is 0 Å². The van der Waals surface area contributed by atoms with Gasteiger partial charge in [0.1, 0.15) is 0 Å². The van der Waals surface area contributed by atoms with Crippen LogP contribution in [0.25, 0.3) is 22.5 Å². The zero-order valence-corrected chi connectivity index (χ0v) is 22.1. The second-order valence-corrected chi connectivity index (χ2v) is 11.1. The molecule has 2 amide bonds. The summed E-state index contributed by atoms with van der Waals surface area (Å²) in [7, 11) is 0. The zero-order valence-electron chi connectivity index (χ0n) is 21.2. The molecule has 2 aromatic carbocycles. The molecule has 0 spiro atoms. The Labute approximate surface area is 221 Å². The average Bonchev–Trinajstić information content (AvgIpc) is 3.20. The van der Waals surface area contributed by atoms with E-state index in [2.05, 4.69) is 72.6 Å². The first-order valence-corrected chi connectivity index (χ1v) is 13.7. The van der Waals surface area contributed by atoms with Gasteiger partial charge in [-0.25, -0.2) is 9.97 Å². The Hall–Kier alpha value is -3.23. The van der Waals surface area contributed by atoms with Gasteiger partial charge >= 0.3 is 0 Å².